The largest absolute Gasteiger partial charge is 0.496 e. The molecule has 0 bridgehead atoms. The summed E-state index contributed by atoms with van der Waals surface area (Å²) in [5, 5.41) is 0. The lowest BCUT2D eigenvalue weighted by atomic mass is 9.99. The van der Waals surface area contributed by atoms with E-state index in [9.17, 15) is 13.2 Å². The molecule has 1 aromatic carbocycles. The summed E-state index contributed by atoms with van der Waals surface area (Å²) in [5.74, 6) is -0.508. The molecule has 130 valence electrons. The smallest absolute Gasteiger partial charge is 0.420 e. The van der Waals surface area contributed by atoms with Crippen molar-refractivity contribution in [2.75, 3.05) is 18.6 Å². The van der Waals surface area contributed by atoms with E-state index in [0.717, 1.165) is 6.07 Å². The summed E-state index contributed by atoms with van der Waals surface area (Å²) >= 11 is 0. The number of ether oxygens (including phenoxy) is 2. The second-order valence-electron chi connectivity index (χ2n) is 5.32. The third-order valence-corrected chi connectivity index (χ3v) is 3.28. The summed E-state index contributed by atoms with van der Waals surface area (Å²) in [6.45, 7) is 3.63. The van der Waals surface area contributed by atoms with Gasteiger partial charge in [-0.2, -0.15) is 18.2 Å². The van der Waals surface area contributed by atoms with Gasteiger partial charge in [0, 0.05) is 5.56 Å². The fourth-order valence-electron chi connectivity index (χ4n) is 2.10. The molecule has 24 heavy (non-hydrogen) atoms. The number of halogens is 3. The first-order valence-electron chi connectivity index (χ1n) is 6.98. The second-order valence-corrected chi connectivity index (χ2v) is 5.32. The molecule has 0 aliphatic carbocycles. The molecular weight excluding hydrogens is 325 g/mol. The van der Waals surface area contributed by atoms with Gasteiger partial charge in [-0.15, -0.1) is 0 Å². The summed E-state index contributed by atoms with van der Waals surface area (Å²) < 4.78 is 50.0. The highest BCUT2D eigenvalue weighted by molar-refractivity contribution is 5.54. The van der Waals surface area contributed by atoms with Crippen LogP contribution in [0.15, 0.2) is 18.3 Å². The van der Waals surface area contributed by atoms with Gasteiger partial charge in [0.2, 0.25) is 5.95 Å². The molecule has 0 fully saturated rings. The van der Waals surface area contributed by atoms with Crippen LogP contribution in [0.1, 0.15) is 30.9 Å². The summed E-state index contributed by atoms with van der Waals surface area (Å²) in [5.41, 5.74) is 10.6. The first-order chi connectivity index (χ1) is 11.1. The maximum Gasteiger partial charge on any atom is 0.420 e. The molecule has 0 radical (unpaired) electrons. The van der Waals surface area contributed by atoms with Crippen molar-refractivity contribution in [3.05, 3.63) is 29.5 Å². The molecular formula is C15H17F3N4O2. The van der Waals surface area contributed by atoms with E-state index in [1.54, 1.807) is 0 Å². The minimum Gasteiger partial charge on any atom is -0.496 e. The van der Waals surface area contributed by atoms with Gasteiger partial charge in [-0.3, -0.25) is 0 Å². The van der Waals surface area contributed by atoms with Crippen molar-refractivity contribution in [2.24, 2.45) is 0 Å². The zero-order valence-corrected chi connectivity index (χ0v) is 13.3. The number of aromatic nitrogens is 2. The van der Waals surface area contributed by atoms with Crippen LogP contribution in [0.4, 0.5) is 24.9 Å². The fraction of sp³-hybridized carbons (Fsp3) is 0.333. The standard InChI is InChI=1S/C15H17F3N4O2/c1-7(2)8-4-11(23-3)9(15(16,17)18)5-10(8)24-12-6-21-14(20)22-13(12)19/h4-7H,1-3H3,(H4,19,20,21,22). The van der Waals surface area contributed by atoms with Crippen LogP contribution < -0.4 is 20.9 Å². The lowest BCUT2D eigenvalue weighted by Gasteiger charge is -2.19. The summed E-state index contributed by atoms with van der Waals surface area (Å²) in [6, 6.07) is 2.18. The molecule has 0 saturated heterocycles. The topological polar surface area (TPSA) is 96.3 Å². The molecule has 0 spiro atoms. The number of methoxy groups -OCH3 is 1. The lowest BCUT2D eigenvalue weighted by Crippen LogP contribution is -2.10. The highest BCUT2D eigenvalue weighted by Crippen LogP contribution is 2.43. The molecule has 4 N–H and O–H groups in total. The Morgan fingerprint density at radius 1 is 1.08 bits per heavy atom. The Morgan fingerprint density at radius 2 is 1.75 bits per heavy atom. The number of hydrogen-bond acceptors (Lipinski definition) is 6. The molecule has 0 aliphatic heterocycles. The number of nitrogen functional groups attached to an aromatic ring is 2. The number of rotatable bonds is 4. The maximum absolute atomic E-state index is 13.2. The van der Waals surface area contributed by atoms with Gasteiger partial charge in [-0.25, -0.2) is 4.98 Å². The number of alkyl halides is 3. The summed E-state index contributed by atoms with van der Waals surface area (Å²) in [4.78, 5) is 7.45. The zero-order chi connectivity index (χ0) is 18.1. The SMILES string of the molecule is COc1cc(C(C)C)c(Oc2cnc(N)nc2N)cc1C(F)(F)F. The Labute approximate surface area is 136 Å². The molecule has 1 heterocycles. The van der Waals surface area contributed by atoms with Crippen molar-refractivity contribution in [3.63, 3.8) is 0 Å². The second kappa shape index (κ2) is 6.42. The van der Waals surface area contributed by atoms with Crippen molar-refractivity contribution in [3.8, 4) is 17.2 Å². The van der Waals surface area contributed by atoms with E-state index in [-0.39, 0.29) is 34.9 Å². The minimum absolute atomic E-state index is 0.00167. The fourth-order valence-corrected chi connectivity index (χ4v) is 2.10. The predicted octanol–water partition coefficient (Wildman–Crippen LogP) is 3.58. The van der Waals surface area contributed by atoms with Crippen molar-refractivity contribution < 1.29 is 22.6 Å². The van der Waals surface area contributed by atoms with Gasteiger partial charge in [0.25, 0.3) is 0 Å². The summed E-state index contributed by atoms with van der Waals surface area (Å²) in [7, 11) is 1.18. The molecule has 9 heteroatoms. The summed E-state index contributed by atoms with van der Waals surface area (Å²) in [6.07, 6.45) is -3.39. The van der Waals surface area contributed by atoms with Crippen LogP contribution in [0.25, 0.3) is 0 Å². The van der Waals surface area contributed by atoms with Gasteiger partial charge in [0.05, 0.1) is 13.3 Å². The zero-order valence-electron chi connectivity index (χ0n) is 13.3. The predicted molar refractivity (Wildman–Crippen MR) is 83.0 cm³/mol. The van der Waals surface area contributed by atoms with Crippen molar-refractivity contribution in [2.45, 2.75) is 25.9 Å². The minimum atomic E-state index is -4.60. The average Bonchev–Trinajstić information content (AvgIpc) is 2.48. The molecule has 6 nitrogen and oxygen atoms in total. The average molecular weight is 342 g/mol. The number of benzene rings is 1. The molecule has 0 atom stereocenters. The van der Waals surface area contributed by atoms with Crippen LogP contribution in [-0.2, 0) is 6.18 Å². The number of anilines is 2. The van der Waals surface area contributed by atoms with Crippen LogP contribution in [0.2, 0.25) is 0 Å². The molecule has 2 aromatic rings. The van der Waals surface area contributed by atoms with Crippen LogP contribution in [0.3, 0.4) is 0 Å². The number of nitrogens with zero attached hydrogens (tertiary/aromatic N) is 2. The lowest BCUT2D eigenvalue weighted by molar-refractivity contribution is -0.138. The Bertz CT molecular complexity index is 748. The van der Waals surface area contributed by atoms with Gasteiger partial charge in [0.1, 0.15) is 17.1 Å². The Kier molecular flexibility index (Phi) is 4.72. The van der Waals surface area contributed by atoms with Crippen molar-refractivity contribution in [1.82, 2.24) is 9.97 Å². The number of nitrogens with two attached hydrogens (primary N) is 2. The molecule has 0 unspecified atom stereocenters. The molecule has 0 amide bonds. The highest BCUT2D eigenvalue weighted by atomic mass is 19.4. The van der Waals surface area contributed by atoms with E-state index < -0.39 is 11.7 Å². The highest BCUT2D eigenvalue weighted by Gasteiger charge is 2.36. The first-order valence-corrected chi connectivity index (χ1v) is 6.98. The third-order valence-electron chi connectivity index (χ3n) is 3.28. The molecule has 0 aliphatic rings. The molecule has 2 rings (SSSR count). The van der Waals surface area contributed by atoms with Crippen LogP contribution in [-0.4, -0.2) is 17.1 Å². The first kappa shape index (κ1) is 17.6. The van der Waals surface area contributed by atoms with E-state index in [1.165, 1.54) is 19.4 Å². The maximum atomic E-state index is 13.2. The van der Waals surface area contributed by atoms with E-state index in [0.29, 0.717) is 5.56 Å². The van der Waals surface area contributed by atoms with Crippen molar-refractivity contribution in [1.29, 1.82) is 0 Å². The van der Waals surface area contributed by atoms with E-state index in [2.05, 4.69) is 9.97 Å². The monoisotopic (exact) mass is 342 g/mol. The third kappa shape index (κ3) is 3.61. The number of hydrogen-bond donors (Lipinski definition) is 2. The van der Waals surface area contributed by atoms with E-state index >= 15 is 0 Å². The Hall–Kier alpha value is -2.71. The van der Waals surface area contributed by atoms with E-state index in [1.807, 2.05) is 13.8 Å². The van der Waals surface area contributed by atoms with Gasteiger partial charge < -0.3 is 20.9 Å². The Balaban J connectivity index is 2.58. The van der Waals surface area contributed by atoms with Crippen LogP contribution in [0, 0.1) is 0 Å². The van der Waals surface area contributed by atoms with E-state index in [4.69, 9.17) is 20.9 Å². The van der Waals surface area contributed by atoms with Gasteiger partial charge in [-0.1, -0.05) is 13.8 Å². The molecule has 1 aromatic heterocycles. The Morgan fingerprint density at radius 3 is 2.25 bits per heavy atom. The van der Waals surface area contributed by atoms with Gasteiger partial charge >= 0.3 is 6.18 Å². The normalized spacial score (nSPS) is 11.6. The van der Waals surface area contributed by atoms with Gasteiger partial charge in [-0.05, 0) is 18.1 Å². The quantitative estimate of drug-likeness (QED) is 0.881. The van der Waals surface area contributed by atoms with Crippen LogP contribution >= 0.6 is 0 Å². The van der Waals surface area contributed by atoms with Gasteiger partial charge in [0.15, 0.2) is 11.6 Å². The molecule has 0 saturated carbocycles. The van der Waals surface area contributed by atoms with Crippen LogP contribution in [0.5, 0.6) is 17.2 Å². The van der Waals surface area contributed by atoms with Crippen molar-refractivity contribution >= 4 is 11.8 Å².